The summed E-state index contributed by atoms with van der Waals surface area (Å²) >= 11 is 1.13. The van der Waals surface area contributed by atoms with E-state index >= 15 is 0 Å². The van der Waals surface area contributed by atoms with Crippen LogP contribution in [0.4, 0.5) is 10.1 Å². The Bertz CT molecular complexity index is 1220. The minimum Gasteiger partial charge on any atom is -0.465 e. The first kappa shape index (κ1) is 22.3. The smallest absolute Gasteiger partial charge is 0.340 e. The van der Waals surface area contributed by atoms with E-state index in [1.807, 2.05) is 60.7 Å². The highest BCUT2D eigenvalue weighted by Gasteiger charge is 2.18. The topological polar surface area (TPSA) is 81.4 Å². The van der Waals surface area contributed by atoms with Gasteiger partial charge in [0.25, 0.3) is 5.22 Å². The number of esters is 1. The van der Waals surface area contributed by atoms with Gasteiger partial charge in [0.05, 0.1) is 18.4 Å². The monoisotopic (exact) mass is 462 g/mol. The third kappa shape index (κ3) is 5.30. The summed E-state index contributed by atoms with van der Waals surface area (Å²) in [6, 6.07) is 23.0. The van der Waals surface area contributed by atoms with Gasteiger partial charge in [-0.1, -0.05) is 72.4 Å². The molecular weight excluding hydrogens is 443 g/mol. The van der Waals surface area contributed by atoms with E-state index in [-0.39, 0.29) is 22.9 Å². The molecule has 3 aromatic carbocycles. The van der Waals surface area contributed by atoms with Crippen LogP contribution in [0.15, 0.2) is 88.5 Å². The molecule has 0 saturated carbocycles. The molecule has 0 unspecified atom stereocenters. The quantitative estimate of drug-likeness (QED) is 0.282. The zero-order valence-corrected chi connectivity index (χ0v) is 18.4. The molecule has 0 atom stereocenters. The van der Waals surface area contributed by atoms with Crippen LogP contribution in [0.5, 0.6) is 0 Å². The Balaban J connectivity index is 1.50. The first-order valence-electron chi connectivity index (χ1n) is 9.97. The van der Waals surface area contributed by atoms with Crippen LogP contribution in [0.1, 0.15) is 10.4 Å². The lowest BCUT2D eigenvalue weighted by molar-refractivity contribution is -0.113. The van der Waals surface area contributed by atoms with Crippen LogP contribution in [0.2, 0.25) is 0 Å². The molecule has 0 saturated heterocycles. The second-order valence-electron chi connectivity index (χ2n) is 6.91. The number of anilines is 1. The maximum atomic E-state index is 13.8. The second-order valence-corrected chi connectivity index (χ2v) is 7.84. The van der Waals surface area contributed by atoms with Gasteiger partial charge in [0, 0.05) is 16.8 Å². The average Bonchev–Trinajstić information content (AvgIpc) is 3.29. The Labute approximate surface area is 193 Å². The first-order valence-corrected chi connectivity index (χ1v) is 11.0. The maximum absolute atomic E-state index is 13.8. The highest BCUT2D eigenvalue weighted by Crippen LogP contribution is 2.35. The van der Waals surface area contributed by atoms with Crippen molar-refractivity contribution < 1.29 is 23.1 Å². The number of ether oxygens (including phenoxy) is 1. The van der Waals surface area contributed by atoms with Gasteiger partial charge in [-0.2, -0.15) is 0 Å². The lowest BCUT2D eigenvalue weighted by Gasteiger charge is -2.07. The van der Waals surface area contributed by atoms with Gasteiger partial charge in [0.1, 0.15) is 11.5 Å². The van der Waals surface area contributed by atoms with Crippen molar-refractivity contribution in [2.45, 2.75) is 5.22 Å². The number of nitrogens with one attached hydrogen (secondary N) is 1. The van der Waals surface area contributed by atoms with Gasteiger partial charge < -0.3 is 14.5 Å². The first-order chi connectivity index (χ1) is 16.0. The number of nitrogens with zero attached hydrogens (tertiary/aromatic N) is 1. The number of thioether (sulfide) groups is 1. The highest BCUT2D eigenvalue weighted by atomic mass is 32.2. The van der Waals surface area contributed by atoms with Gasteiger partial charge in [-0.3, -0.25) is 4.79 Å². The van der Waals surface area contributed by atoms with Crippen LogP contribution in [0.25, 0.3) is 22.6 Å². The summed E-state index contributed by atoms with van der Waals surface area (Å²) in [5, 5.41) is 2.98. The van der Waals surface area contributed by atoms with Crippen molar-refractivity contribution in [1.29, 1.82) is 0 Å². The van der Waals surface area contributed by atoms with Gasteiger partial charge in [-0.05, 0) is 18.2 Å². The van der Waals surface area contributed by atoms with Crippen molar-refractivity contribution >= 4 is 29.3 Å². The van der Waals surface area contributed by atoms with Crippen molar-refractivity contribution in [3.8, 4) is 22.6 Å². The minimum atomic E-state index is -0.820. The summed E-state index contributed by atoms with van der Waals surface area (Å²) in [5.74, 6) is -1.28. The summed E-state index contributed by atoms with van der Waals surface area (Å²) in [7, 11) is 1.16. The summed E-state index contributed by atoms with van der Waals surface area (Å²) < 4.78 is 24.3. The largest absolute Gasteiger partial charge is 0.465 e. The molecule has 6 nitrogen and oxygen atoms in total. The fourth-order valence-electron chi connectivity index (χ4n) is 3.13. The summed E-state index contributed by atoms with van der Waals surface area (Å²) in [5.41, 5.74) is 2.49. The van der Waals surface area contributed by atoms with E-state index in [0.29, 0.717) is 16.7 Å². The number of oxazole rings is 1. The predicted octanol–water partition coefficient (Wildman–Crippen LogP) is 5.67. The van der Waals surface area contributed by atoms with Gasteiger partial charge in [0.2, 0.25) is 5.91 Å². The van der Waals surface area contributed by atoms with Gasteiger partial charge in [-0.25, -0.2) is 14.2 Å². The molecule has 0 aliphatic heterocycles. The number of benzene rings is 3. The molecule has 166 valence electrons. The Morgan fingerprint density at radius 3 is 2.33 bits per heavy atom. The molecule has 4 rings (SSSR count). The number of hydrogen-bond donors (Lipinski definition) is 1. The molecule has 0 spiro atoms. The Hall–Kier alpha value is -3.91. The summed E-state index contributed by atoms with van der Waals surface area (Å²) in [6.45, 7) is 0. The minimum absolute atomic E-state index is 0.00784. The zero-order valence-electron chi connectivity index (χ0n) is 17.6. The van der Waals surface area contributed by atoms with Crippen LogP contribution >= 0.6 is 11.8 Å². The fourth-order valence-corrected chi connectivity index (χ4v) is 3.76. The maximum Gasteiger partial charge on any atom is 0.340 e. The van der Waals surface area contributed by atoms with E-state index in [0.717, 1.165) is 36.1 Å². The molecule has 0 aliphatic rings. The molecule has 0 bridgehead atoms. The van der Waals surface area contributed by atoms with Gasteiger partial charge in [-0.15, -0.1) is 0 Å². The van der Waals surface area contributed by atoms with E-state index in [2.05, 4.69) is 15.0 Å². The molecule has 0 aliphatic carbocycles. The molecular formula is C25H19FN2O4S. The van der Waals surface area contributed by atoms with E-state index in [9.17, 15) is 14.0 Å². The van der Waals surface area contributed by atoms with Crippen LogP contribution in [0.3, 0.4) is 0 Å². The molecule has 1 N–H and O–H groups in total. The Morgan fingerprint density at radius 1 is 1.00 bits per heavy atom. The molecule has 0 fully saturated rings. The van der Waals surface area contributed by atoms with E-state index < -0.39 is 11.8 Å². The number of hydrogen-bond acceptors (Lipinski definition) is 6. The Kier molecular flexibility index (Phi) is 6.85. The SMILES string of the molecule is COC(=O)c1cc(NC(=O)CSc2nc(-c3ccccc3)c(-c3ccccc3)o2)ccc1F. The van der Waals surface area contributed by atoms with Crippen molar-refractivity contribution in [3.63, 3.8) is 0 Å². The normalized spacial score (nSPS) is 10.6. The number of methoxy groups -OCH3 is 1. The molecule has 0 radical (unpaired) electrons. The van der Waals surface area contributed by atoms with E-state index in [1.165, 1.54) is 12.1 Å². The second kappa shape index (κ2) is 10.1. The van der Waals surface area contributed by atoms with E-state index in [4.69, 9.17) is 4.42 Å². The van der Waals surface area contributed by atoms with E-state index in [1.54, 1.807) is 0 Å². The number of carbonyl (C=O) groups excluding carboxylic acids is 2. The number of aromatic nitrogens is 1. The number of carbonyl (C=O) groups is 2. The number of amides is 1. The molecule has 1 heterocycles. The molecule has 33 heavy (non-hydrogen) atoms. The van der Waals surface area contributed by atoms with Crippen molar-refractivity contribution in [2.24, 2.45) is 0 Å². The average molecular weight is 463 g/mol. The lowest BCUT2D eigenvalue weighted by Crippen LogP contribution is -2.15. The molecule has 8 heteroatoms. The third-order valence-electron chi connectivity index (χ3n) is 4.67. The summed E-state index contributed by atoms with van der Waals surface area (Å²) in [6.07, 6.45) is 0. The number of rotatable bonds is 7. The van der Waals surface area contributed by atoms with Crippen LogP contribution < -0.4 is 5.32 Å². The third-order valence-corrected chi connectivity index (χ3v) is 5.50. The molecule has 1 amide bonds. The lowest BCUT2D eigenvalue weighted by atomic mass is 10.1. The Morgan fingerprint density at radius 2 is 1.67 bits per heavy atom. The van der Waals surface area contributed by atoms with Crippen LogP contribution in [0, 0.1) is 5.82 Å². The van der Waals surface area contributed by atoms with Crippen molar-refractivity contribution in [1.82, 2.24) is 4.98 Å². The van der Waals surface area contributed by atoms with Gasteiger partial charge in [0.15, 0.2) is 5.76 Å². The molecule has 1 aromatic heterocycles. The molecule has 4 aromatic rings. The van der Waals surface area contributed by atoms with Crippen molar-refractivity contribution in [3.05, 3.63) is 90.2 Å². The predicted molar refractivity (Wildman–Crippen MR) is 124 cm³/mol. The zero-order chi connectivity index (χ0) is 23.2. The standard InChI is InChI=1S/C25H19FN2O4S/c1-31-24(30)19-14-18(12-13-20(19)26)27-21(29)15-33-25-28-22(16-8-4-2-5-9-16)23(32-25)17-10-6-3-7-11-17/h2-14H,15H2,1H3,(H,27,29). The van der Waals surface area contributed by atoms with Crippen molar-refractivity contribution in [2.75, 3.05) is 18.2 Å². The summed E-state index contributed by atoms with van der Waals surface area (Å²) in [4.78, 5) is 28.7. The van der Waals surface area contributed by atoms with Gasteiger partial charge >= 0.3 is 5.97 Å². The highest BCUT2D eigenvalue weighted by molar-refractivity contribution is 7.99. The number of halogens is 1. The van der Waals surface area contributed by atoms with Crippen LogP contribution in [-0.4, -0.2) is 29.7 Å². The fraction of sp³-hybridized carbons (Fsp3) is 0.0800. The van der Waals surface area contributed by atoms with Crippen LogP contribution in [-0.2, 0) is 9.53 Å².